The van der Waals surface area contributed by atoms with E-state index in [1.54, 1.807) is 20.8 Å². The number of aliphatic hydroxyl groups is 1. The minimum Gasteiger partial charge on any atom is -0.397 e. The van der Waals surface area contributed by atoms with Crippen LogP contribution < -0.4 is 10.5 Å². The summed E-state index contributed by atoms with van der Waals surface area (Å²) in [4.78, 5) is 0.0284. The first kappa shape index (κ1) is 16.2. The van der Waals surface area contributed by atoms with Gasteiger partial charge < -0.3 is 10.8 Å². The van der Waals surface area contributed by atoms with Gasteiger partial charge in [0.15, 0.2) is 0 Å². The van der Waals surface area contributed by atoms with E-state index in [1.807, 2.05) is 0 Å². The van der Waals surface area contributed by atoms with Gasteiger partial charge in [0.1, 0.15) is 0 Å². The number of halogens is 1. The second kappa shape index (κ2) is 5.28. The van der Waals surface area contributed by atoms with Gasteiger partial charge in [-0.15, -0.1) is 0 Å². The van der Waals surface area contributed by atoms with Crippen LogP contribution in [0.25, 0.3) is 0 Å². The molecule has 0 fully saturated rings. The molecule has 1 aromatic carbocycles. The highest BCUT2D eigenvalue weighted by atomic mass is 35.5. The van der Waals surface area contributed by atoms with Gasteiger partial charge in [0, 0.05) is 0 Å². The highest BCUT2D eigenvalue weighted by Gasteiger charge is 2.30. The quantitative estimate of drug-likeness (QED) is 0.738. The van der Waals surface area contributed by atoms with Crippen LogP contribution in [-0.4, -0.2) is 25.2 Å². The Hall–Kier alpha value is -0.820. The molecule has 0 spiro atoms. The minimum atomic E-state index is -3.77. The highest BCUT2D eigenvalue weighted by molar-refractivity contribution is 7.89. The number of hydrogen-bond donors (Lipinski definition) is 3. The predicted molar refractivity (Wildman–Crippen MR) is 76.7 cm³/mol. The molecule has 0 aliphatic rings. The average Bonchev–Trinajstić information content (AvgIpc) is 2.23. The second-order valence-corrected chi connectivity index (χ2v) is 7.21. The highest BCUT2D eigenvalue weighted by Crippen LogP contribution is 2.27. The van der Waals surface area contributed by atoms with E-state index in [4.69, 9.17) is 17.3 Å². The molecule has 0 heterocycles. The molecular formula is C12H19ClN2O3S. The van der Waals surface area contributed by atoms with E-state index in [0.717, 1.165) is 0 Å². The molecule has 0 aliphatic heterocycles. The van der Waals surface area contributed by atoms with Crippen molar-refractivity contribution in [3.8, 4) is 0 Å². The zero-order valence-corrected chi connectivity index (χ0v) is 12.9. The number of hydrogen-bond acceptors (Lipinski definition) is 4. The van der Waals surface area contributed by atoms with E-state index in [-0.39, 0.29) is 10.6 Å². The van der Waals surface area contributed by atoms with Gasteiger partial charge in [0.25, 0.3) is 0 Å². The molecule has 4 N–H and O–H groups in total. The van der Waals surface area contributed by atoms with Crippen molar-refractivity contribution in [1.29, 1.82) is 0 Å². The molecule has 108 valence electrons. The summed E-state index contributed by atoms with van der Waals surface area (Å²) >= 11 is 5.90. The third kappa shape index (κ3) is 3.60. The fraction of sp³-hybridized carbons (Fsp3) is 0.500. The van der Waals surface area contributed by atoms with Gasteiger partial charge in [0.2, 0.25) is 10.0 Å². The third-order valence-electron chi connectivity index (χ3n) is 3.01. The van der Waals surface area contributed by atoms with Crippen molar-refractivity contribution in [2.24, 2.45) is 0 Å². The van der Waals surface area contributed by atoms with Crippen LogP contribution in [0.3, 0.4) is 0 Å². The van der Waals surface area contributed by atoms with E-state index in [9.17, 15) is 13.5 Å². The van der Waals surface area contributed by atoms with Gasteiger partial charge in [-0.2, -0.15) is 0 Å². The SMILES string of the molecule is Cc1cc(S(=O)(=O)NC(C)(C)C(C)O)cc(N)c1Cl. The smallest absolute Gasteiger partial charge is 0.241 e. The Morgan fingerprint density at radius 3 is 2.37 bits per heavy atom. The molecule has 0 saturated carbocycles. The van der Waals surface area contributed by atoms with Gasteiger partial charge in [-0.05, 0) is 45.4 Å². The van der Waals surface area contributed by atoms with E-state index < -0.39 is 21.7 Å². The summed E-state index contributed by atoms with van der Waals surface area (Å²) in [6, 6.07) is 2.74. The van der Waals surface area contributed by atoms with Crippen LogP contribution in [0.1, 0.15) is 26.3 Å². The number of rotatable bonds is 4. The fourth-order valence-corrected chi connectivity index (χ4v) is 3.11. The van der Waals surface area contributed by atoms with Gasteiger partial charge >= 0.3 is 0 Å². The molecule has 0 radical (unpaired) electrons. The van der Waals surface area contributed by atoms with E-state index in [1.165, 1.54) is 19.1 Å². The number of aliphatic hydroxyl groups excluding tert-OH is 1. The van der Waals surface area contributed by atoms with Gasteiger partial charge in [-0.1, -0.05) is 11.6 Å². The van der Waals surface area contributed by atoms with Gasteiger partial charge in [-0.3, -0.25) is 0 Å². The van der Waals surface area contributed by atoms with Crippen molar-refractivity contribution in [2.75, 3.05) is 5.73 Å². The second-order valence-electron chi connectivity index (χ2n) is 5.15. The maximum absolute atomic E-state index is 12.2. The molecule has 0 aliphatic carbocycles. The Kier molecular flexibility index (Phi) is 4.51. The Bertz CT molecular complexity index is 560. The Labute approximate surface area is 118 Å². The molecule has 7 heteroatoms. The molecule has 0 aromatic heterocycles. The van der Waals surface area contributed by atoms with Crippen molar-refractivity contribution in [3.63, 3.8) is 0 Å². The Morgan fingerprint density at radius 2 is 1.95 bits per heavy atom. The van der Waals surface area contributed by atoms with Crippen molar-refractivity contribution in [3.05, 3.63) is 22.7 Å². The summed E-state index contributed by atoms with van der Waals surface area (Å²) in [6.45, 7) is 6.39. The summed E-state index contributed by atoms with van der Waals surface area (Å²) in [5, 5.41) is 9.91. The molecule has 1 rings (SSSR count). The molecule has 0 amide bonds. The van der Waals surface area contributed by atoms with Gasteiger partial charge in [-0.25, -0.2) is 13.1 Å². The average molecular weight is 307 g/mol. The largest absolute Gasteiger partial charge is 0.397 e. The number of nitrogens with two attached hydrogens (primary N) is 1. The summed E-state index contributed by atoms with van der Waals surface area (Å²) < 4.78 is 26.9. The number of benzene rings is 1. The molecule has 1 atom stereocenters. The lowest BCUT2D eigenvalue weighted by Crippen LogP contribution is -2.50. The first-order valence-corrected chi connectivity index (χ1v) is 7.61. The summed E-state index contributed by atoms with van der Waals surface area (Å²) in [6.07, 6.45) is -0.840. The zero-order valence-electron chi connectivity index (χ0n) is 11.4. The normalized spacial score (nSPS) is 14.4. The van der Waals surface area contributed by atoms with Crippen LogP contribution in [0.2, 0.25) is 5.02 Å². The molecule has 1 aromatic rings. The molecule has 5 nitrogen and oxygen atoms in total. The van der Waals surface area contributed by atoms with Crippen molar-refractivity contribution in [2.45, 2.75) is 44.2 Å². The van der Waals surface area contributed by atoms with E-state index in [0.29, 0.717) is 10.6 Å². The lowest BCUT2D eigenvalue weighted by Gasteiger charge is -2.29. The molecule has 1 unspecified atom stereocenters. The van der Waals surface area contributed by atoms with Crippen LogP contribution >= 0.6 is 11.6 Å². The lowest BCUT2D eigenvalue weighted by atomic mass is 10.0. The van der Waals surface area contributed by atoms with Crippen molar-refractivity contribution in [1.82, 2.24) is 4.72 Å². The van der Waals surface area contributed by atoms with Crippen LogP contribution in [0.15, 0.2) is 17.0 Å². The zero-order chi connectivity index (χ0) is 15.0. The first-order valence-electron chi connectivity index (χ1n) is 5.75. The standard InChI is InChI=1S/C12H19ClN2O3S/c1-7-5-9(6-10(14)11(7)13)19(17,18)15-12(3,4)8(2)16/h5-6,8,15-16H,14H2,1-4H3. The number of sulfonamides is 1. The minimum absolute atomic E-state index is 0.0284. The number of anilines is 1. The number of nitrogens with one attached hydrogen (secondary N) is 1. The Balaban J connectivity index is 3.22. The topological polar surface area (TPSA) is 92.4 Å². The molecule has 0 saturated heterocycles. The maximum atomic E-state index is 12.2. The van der Waals surface area contributed by atoms with Crippen LogP contribution in [0.5, 0.6) is 0 Å². The molecule has 0 bridgehead atoms. The summed E-state index contributed by atoms with van der Waals surface area (Å²) in [5.74, 6) is 0. The Morgan fingerprint density at radius 1 is 1.42 bits per heavy atom. The maximum Gasteiger partial charge on any atom is 0.241 e. The van der Waals surface area contributed by atoms with Crippen LogP contribution in [-0.2, 0) is 10.0 Å². The van der Waals surface area contributed by atoms with E-state index >= 15 is 0 Å². The number of nitrogen functional groups attached to an aromatic ring is 1. The van der Waals surface area contributed by atoms with Crippen molar-refractivity contribution < 1.29 is 13.5 Å². The van der Waals surface area contributed by atoms with E-state index in [2.05, 4.69) is 4.72 Å². The van der Waals surface area contributed by atoms with Crippen LogP contribution in [0, 0.1) is 6.92 Å². The third-order valence-corrected chi connectivity index (χ3v) is 5.18. The predicted octanol–water partition coefficient (Wildman–Crippen LogP) is 1.67. The molecular weight excluding hydrogens is 288 g/mol. The van der Waals surface area contributed by atoms with Crippen LogP contribution in [0.4, 0.5) is 5.69 Å². The monoisotopic (exact) mass is 306 g/mol. The number of aryl methyl sites for hydroxylation is 1. The fourth-order valence-electron chi connectivity index (χ4n) is 1.41. The summed E-state index contributed by atoms with van der Waals surface area (Å²) in [5.41, 5.74) is 5.47. The van der Waals surface area contributed by atoms with Gasteiger partial charge in [0.05, 0.1) is 27.2 Å². The van der Waals surface area contributed by atoms with Crippen molar-refractivity contribution >= 4 is 27.3 Å². The lowest BCUT2D eigenvalue weighted by molar-refractivity contribution is 0.111. The molecule has 19 heavy (non-hydrogen) atoms. The first-order chi connectivity index (χ1) is 8.47. The summed E-state index contributed by atoms with van der Waals surface area (Å²) in [7, 11) is -3.77.